The van der Waals surface area contributed by atoms with Crippen molar-refractivity contribution in [2.24, 2.45) is 5.73 Å². The van der Waals surface area contributed by atoms with Gasteiger partial charge in [0.25, 0.3) is 0 Å². The van der Waals surface area contributed by atoms with E-state index < -0.39 is 0 Å². The Morgan fingerprint density at radius 3 is 3.13 bits per heavy atom. The third-order valence-corrected chi connectivity index (χ3v) is 3.20. The van der Waals surface area contributed by atoms with Crippen molar-refractivity contribution >= 4 is 11.6 Å². The number of amides is 1. The molecular weight excluding hydrogens is 188 g/mol. The number of fused-ring (bicyclic) bond motifs is 3. The van der Waals surface area contributed by atoms with Crippen LogP contribution >= 0.6 is 0 Å². The molecule has 3 rings (SSSR count). The molecule has 1 amide bonds. The molecule has 15 heavy (non-hydrogen) atoms. The lowest BCUT2D eigenvalue weighted by Crippen LogP contribution is -2.14. The van der Waals surface area contributed by atoms with E-state index in [1.54, 1.807) is 6.07 Å². The van der Waals surface area contributed by atoms with Crippen molar-refractivity contribution in [1.29, 1.82) is 0 Å². The van der Waals surface area contributed by atoms with E-state index in [0.717, 1.165) is 12.1 Å². The molecule has 0 bridgehead atoms. The molecule has 0 saturated carbocycles. The first-order chi connectivity index (χ1) is 7.25. The quantitative estimate of drug-likeness (QED) is 0.677. The van der Waals surface area contributed by atoms with E-state index in [1.807, 2.05) is 12.1 Å². The van der Waals surface area contributed by atoms with E-state index in [9.17, 15) is 4.79 Å². The average molecular weight is 200 g/mol. The molecule has 0 saturated heterocycles. The minimum atomic E-state index is -0.358. The van der Waals surface area contributed by atoms with Crippen LogP contribution in [0, 0.1) is 0 Å². The summed E-state index contributed by atoms with van der Waals surface area (Å²) in [5.74, 6) is 0.0579. The molecule has 0 fully saturated rings. The zero-order valence-electron chi connectivity index (χ0n) is 8.23. The van der Waals surface area contributed by atoms with Gasteiger partial charge >= 0.3 is 0 Å². The highest BCUT2D eigenvalue weighted by atomic mass is 16.1. The van der Waals surface area contributed by atoms with Crippen LogP contribution in [-0.2, 0) is 0 Å². The number of benzene rings is 1. The van der Waals surface area contributed by atoms with Crippen molar-refractivity contribution in [3.8, 4) is 0 Å². The van der Waals surface area contributed by atoms with E-state index >= 15 is 0 Å². The first kappa shape index (κ1) is 8.53. The third-order valence-electron chi connectivity index (χ3n) is 3.20. The van der Waals surface area contributed by atoms with Crippen molar-refractivity contribution in [3.63, 3.8) is 0 Å². The van der Waals surface area contributed by atoms with Gasteiger partial charge in [-0.25, -0.2) is 0 Å². The van der Waals surface area contributed by atoms with E-state index in [2.05, 4.69) is 17.5 Å². The summed E-state index contributed by atoms with van der Waals surface area (Å²) < 4.78 is 0. The molecule has 3 heteroatoms. The summed E-state index contributed by atoms with van der Waals surface area (Å²) in [6.07, 6.45) is 5.45. The Balaban J connectivity index is 2.09. The fraction of sp³-hybridized carbons (Fsp3) is 0.250. The highest BCUT2D eigenvalue weighted by molar-refractivity contribution is 5.93. The number of anilines is 1. The maximum absolute atomic E-state index is 11.1. The van der Waals surface area contributed by atoms with Crippen LogP contribution in [-0.4, -0.2) is 11.9 Å². The molecule has 3 nitrogen and oxygen atoms in total. The van der Waals surface area contributed by atoms with Gasteiger partial charge < -0.3 is 11.1 Å². The van der Waals surface area contributed by atoms with Crippen LogP contribution in [0.1, 0.15) is 28.3 Å². The van der Waals surface area contributed by atoms with Crippen LogP contribution in [0.5, 0.6) is 0 Å². The maximum atomic E-state index is 11.1. The van der Waals surface area contributed by atoms with Crippen LogP contribution in [0.15, 0.2) is 30.4 Å². The smallest absolute Gasteiger partial charge is 0.248 e. The normalized spacial score (nSPS) is 25.9. The summed E-state index contributed by atoms with van der Waals surface area (Å²) in [6.45, 7) is 0. The maximum Gasteiger partial charge on any atom is 0.248 e. The molecule has 0 spiro atoms. The summed E-state index contributed by atoms with van der Waals surface area (Å²) >= 11 is 0. The molecule has 76 valence electrons. The Morgan fingerprint density at radius 1 is 1.47 bits per heavy atom. The van der Waals surface area contributed by atoms with Crippen LogP contribution in [0.4, 0.5) is 5.69 Å². The van der Waals surface area contributed by atoms with Gasteiger partial charge in [-0.1, -0.05) is 12.2 Å². The molecule has 0 aromatic heterocycles. The second-order valence-corrected chi connectivity index (χ2v) is 4.11. The highest BCUT2D eigenvalue weighted by Crippen LogP contribution is 2.41. The average Bonchev–Trinajstić information content (AvgIpc) is 2.75. The minimum Gasteiger partial charge on any atom is -0.381 e. The summed E-state index contributed by atoms with van der Waals surface area (Å²) in [5, 5.41) is 3.45. The number of nitrogens with one attached hydrogen (secondary N) is 1. The predicted octanol–water partition coefficient (Wildman–Crippen LogP) is 1.62. The standard InChI is InChI=1S/C12H12N2O/c13-12(15)7-4-5-11-9(6-7)8-2-1-3-10(8)14-11/h1-2,4-6,8,10,14H,3H2,(H2,13,15). The van der Waals surface area contributed by atoms with Gasteiger partial charge in [0.05, 0.1) is 0 Å². The lowest BCUT2D eigenvalue weighted by molar-refractivity contribution is 0.1000. The lowest BCUT2D eigenvalue weighted by Gasteiger charge is -2.08. The van der Waals surface area contributed by atoms with E-state index in [4.69, 9.17) is 5.73 Å². The number of hydrogen-bond acceptors (Lipinski definition) is 2. The first-order valence-corrected chi connectivity index (χ1v) is 5.12. The Kier molecular flexibility index (Phi) is 1.63. The van der Waals surface area contributed by atoms with Crippen LogP contribution in [0.25, 0.3) is 0 Å². The Labute approximate surface area is 88.0 Å². The largest absolute Gasteiger partial charge is 0.381 e. The van der Waals surface area contributed by atoms with Gasteiger partial charge in [0.2, 0.25) is 5.91 Å². The third kappa shape index (κ3) is 1.16. The number of nitrogens with two attached hydrogens (primary N) is 1. The molecule has 2 aliphatic rings. The molecular formula is C12H12N2O. The summed E-state index contributed by atoms with van der Waals surface area (Å²) in [4.78, 5) is 11.1. The van der Waals surface area contributed by atoms with E-state index in [1.165, 1.54) is 5.56 Å². The number of rotatable bonds is 1. The van der Waals surface area contributed by atoms with Gasteiger partial charge in [-0.15, -0.1) is 0 Å². The van der Waals surface area contributed by atoms with Crippen molar-refractivity contribution in [2.75, 3.05) is 5.32 Å². The van der Waals surface area contributed by atoms with Gasteiger partial charge in [0, 0.05) is 23.2 Å². The summed E-state index contributed by atoms with van der Waals surface area (Å²) in [5.41, 5.74) is 8.20. The van der Waals surface area contributed by atoms with Crippen molar-refractivity contribution in [3.05, 3.63) is 41.5 Å². The van der Waals surface area contributed by atoms with E-state index in [0.29, 0.717) is 17.5 Å². The Bertz CT molecular complexity index is 465. The second kappa shape index (κ2) is 2.86. The predicted molar refractivity (Wildman–Crippen MR) is 58.9 cm³/mol. The van der Waals surface area contributed by atoms with Gasteiger partial charge in [0.15, 0.2) is 0 Å². The van der Waals surface area contributed by atoms with Gasteiger partial charge in [-0.3, -0.25) is 4.79 Å². The molecule has 3 N–H and O–H groups in total. The van der Waals surface area contributed by atoms with Crippen LogP contribution in [0.2, 0.25) is 0 Å². The molecule has 1 aliphatic carbocycles. The van der Waals surface area contributed by atoms with Crippen LogP contribution < -0.4 is 11.1 Å². The topological polar surface area (TPSA) is 55.1 Å². The van der Waals surface area contributed by atoms with Crippen molar-refractivity contribution in [1.82, 2.24) is 0 Å². The summed E-state index contributed by atoms with van der Waals surface area (Å²) in [6, 6.07) is 6.11. The SMILES string of the molecule is NC(=O)c1ccc2c(c1)C1C=CCC1N2. The van der Waals surface area contributed by atoms with E-state index in [-0.39, 0.29) is 5.91 Å². The van der Waals surface area contributed by atoms with Gasteiger partial charge in [-0.2, -0.15) is 0 Å². The Hall–Kier alpha value is -1.77. The Morgan fingerprint density at radius 2 is 2.33 bits per heavy atom. The zero-order valence-corrected chi connectivity index (χ0v) is 8.23. The summed E-state index contributed by atoms with van der Waals surface area (Å²) in [7, 11) is 0. The molecule has 0 radical (unpaired) electrons. The van der Waals surface area contributed by atoms with Crippen LogP contribution in [0.3, 0.4) is 0 Å². The van der Waals surface area contributed by atoms with Crippen molar-refractivity contribution in [2.45, 2.75) is 18.4 Å². The molecule has 1 aromatic rings. The fourth-order valence-electron chi connectivity index (χ4n) is 2.44. The monoisotopic (exact) mass is 200 g/mol. The number of hydrogen-bond donors (Lipinski definition) is 2. The molecule has 2 unspecified atom stereocenters. The lowest BCUT2D eigenvalue weighted by atomic mass is 9.97. The molecule has 1 aromatic carbocycles. The minimum absolute atomic E-state index is 0.358. The molecule has 2 atom stereocenters. The van der Waals surface area contributed by atoms with Gasteiger partial charge in [-0.05, 0) is 30.2 Å². The molecule has 1 heterocycles. The number of carbonyl (C=O) groups excluding carboxylic acids is 1. The number of carbonyl (C=O) groups is 1. The first-order valence-electron chi connectivity index (χ1n) is 5.12. The zero-order chi connectivity index (χ0) is 10.4. The molecule has 1 aliphatic heterocycles. The fourth-order valence-corrected chi connectivity index (χ4v) is 2.44. The number of primary amides is 1. The van der Waals surface area contributed by atoms with Crippen molar-refractivity contribution < 1.29 is 4.79 Å². The van der Waals surface area contributed by atoms with Gasteiger partial charge in [0.1, 0.15) is 0 Å². The second-order valence-electron chi connectivity index (χ2n) is 4.11. The highest BCUT2D eigenvalue weighted by Gasteiger charge is 2.32.